The second kappa shape index (κ2) is 5.55. The molecule has 0 aliphatic carbocycles. The Morgan fingerprint density at radius 1 is 1.48 bits per heavy atom. The summed E-state index contributed by atoms with van der Waals surface area (Å²) in [6.07, 6.45) is 4.47. The zero-order valence-corrected chi connectivity index (χ0v) is 12.2. The monoisotopic (exact) mass is 286 g/mol. The number of hydrogen-bond donors (Lipinski definition) is 1. The molecule has 0 bridgehead atoms. The normalized spacial score (nSPS) is 17.0. The third-order valence-corrected chi connectivity index (χ3v) is 3.66. The van der Waals surface area contributed by atoms with Crippen molar-refractivity contribution < 1.29 is 9.53 Å². The molecule has 6 nitrogen and oxygen atoms in total. The molecule has 3 heterocycles. The van der Waals surface area contributed by atoms with Gasteiger partial charge in [-0.15, -0.1) is 0 Å². The van der Waals surface area contributed by atoms with Crippen molar-refractivity contribution in [3.63, 3.8) is 0 Å². The number of nitrogens with zero attached hydrogens (tertiary/aromatic N) is 3. The van der Waals surface area contributed by atoms with Crippen molar-refractivity contribution in [2.24, 2.45) is 0 Å². The number of hydrogen-bond acceptors (Lipinski definition) is 5. The van der Waals surface area contributed by atoms with Crippen molar-refractivity contribution in [3.05, 3.63) is 41.3 Å². The van der Waals surface area contributed by atoms with Crippen LogP contribution in [0.15, 0.2) is 24.5 Å². The Bertz CT molecular complexity index is 651. The molecule has 0 radical (unpaired) electrons. The van der Waals surface area contributed by atoms with Gasteiger partial charge in [0.05, 0.1) is 18.3 Å². The average molecular weight is 286 g/mol. The van der Waals surface area contributed by atoms with E-state index in [1.807, 2.05) is 23.7 Å². The number of pyridine rings is 1. The highest BCUT2D eigenvalue weighted by Crippen LogP contribution is 2.33. The molecule has 1 N–H and O–H groups in total. The van der Waals surface area contributed by atoms with Crippen LogP contribution in [-0.4, -0.2) is 33.9 Å². The van der Waals surface area contributed by atoms with E-state index >= 15 is 0 Å². The Kier molecular flexibility index (Phi) is 3.60. The molecule has 3 rings (SSSR count). The van der Waals surface area contributed by atoms with E-state index in [9.17, 15) is 4.79 Å². The first-order valence-corrected chi connectivity index (χ1v) is 7.12. The van der Waals surface area contributed by atoms with Crippen molar-refractivity contribution in [2.75, 3.05) is 18.5 Å². The first-order valence-electron chi connectivity index (χ1n) is 7.12. The molecular formula is C15H18N4O2. The van der Waals surface area contributed by atoms with Gasteiger partial charge in [0, 0.05) is 18.9 Å². The second-order valence-corrected chi connectivity index (χ2v) is 4.99. The second-order valence-electron chi connectivity index (χ2n) is 4.99. The maximum atomic E-state index is 12.1. The molecule has 0 spiro atoms. The lowest BCUT2D eigenvalue weighted by Gasteiger charge is -2.26. The molecule has 1 aliphatic heterocycles. The standard InChI is InChI=1S/C15H18N4O2/c1-3-21-15(20)13-10(2)18-19-12(6-9-17-14(13)19)11-4-7-16-8-5-11/h4-5,7-8,12,17H,3,6,9H2,1-2H3. The van der Waals surface area contributed by atoms with E-state index < -0.39 is 0 Å². The van der Waals surface area contributed by atoms with Gasteiger partial charge in [0.15, 0.2) is 0 Å². The summed E-state index contributed by atoms with van der Waals surface area (Å²) in [4.78, 5) is 16.2. The Hall–Kier alpha value is -2.37. The van der Waals surface area contributed by atoms with Gasteiger partial charge in [-0.05, 0) is 38.0 Å². The smallest absolute Gasteiger partial charge is 0.343 e. The van der Waals surface area contributed by atoms with Gasteiger partial charge < -0.3 is 10.1 Å². The first kappa shape index (κ1) is 13.6. The third kappa shape index (κ3) is 2.37. The van der Waals surface area contributed by atoms with Crippen molar-refractivity contribution in [1.82, 2.24) is 14.8 Å². The molecule has 6 heteroatoms. The minimum Gasteiger partial charge on any atom is -0.462 e. The summed E-state index contributed by atoms with van der Waals surface area (Å²) in [7, 11) is 0. The summed E-state index contributed by atoms with van der Waals surface area (Å²) in [5.41, 5.74) is 2.37. The maximum Gasteiger partial charge on any atom is 0.343 e. The van der Waals surface area contributed by atoms with Crippen molar-refractivity contribution in [1.29, 1.82) is 0 Å². The average Bonchev–Trinajstić information content (AvgIpc) is 2.84. The molecular weight excluding hydrogens is 268 g/mol. The summed E-state index contributed by atoms with van der Waals surface area (Å²) in [6.45, 7) is 4.79. The maximum absolute atomic E-state index is 12.1. The van der Waals surface area contributed by atoms with E-state index in [-0.39, 0.29) is 12.0 Å². The number of ether oxygens (including phenoxy) is 1. The van der Waals surface area contributed by atoms with Crippen molar-refractivity contribution in [2.45, 2.75) is 26.3 Å². The molecule has 1 aliphatic rings. The van der Waals surface area contributed by atoms with Gasteiger partial charge in [-0.1, -0.05) is 0 Å². The van der Waals surface area contributed by atoms with Gasteiger partial charge in [0.25, 0.3) is 0 Å². The molecule has 2 aromatic heterocycles. The van der Waals surface area contributed by atoms with Crippen LogP contribution in [0.5, 0.6) is 0 Å². The van der Waals surface area contributed by atoms with Gasteiger partial charge in [-0.25, -0.2) is 9.48 Å². The molecule has 0 saturated carbocycles. The van der Waals surface area contributed by atoms with Crippen LogP contribution in [0, 0.1) is 6.92 Å². The molecule has 0 amide bonds. The van der Waals surface area contributed by atoms with Crippen LogP contribution in [0.1, 0.15) is 41.0 Å². The summed E-state index contributed by atoms with van der Waals surface area (Å²) in [6, 6.07) is 4.09. The van der Waals surface area contributed by atoms with Crippen LogP contribution >= 0.6 is 0 Å². The fraction of sp³-hybridized carbons (Fsp3) is 0.400. The van der Waals surface area contributed by atoms with Crippen LogP contribution in [0.2, 0.25) is 0 Å². The van der Waals surface area contributed by atoms with Crippen LogP contribution in [0.3, 0.4) is 0 Å². The highest BCUT2D eigenvalue weighted by molar-refractivity contribution is 5.96. The molecule has 1 unspecified atom stereocenters. The number of esters is 1. The highest BCUT2D eigenvalue weighted by Gasteiger charge is 2.29. The third-order valence-electron chi connectivity index (χ3n) is 3.66. The number of carbonyl (C=O) groups is 1. The van der Waals surface area contributed by atoms with Crippen molar-refractivity contribution >= 4 is 11.8 Å². The van der Waals surface area contributed by atoms with Gasteiger partial charge in [0.1, 0.15) is 11.4 Å². The Balaban J connectivity index is 2.04. The SMILES string of the molecule is CCOC(=O)c1c(C)nn2c1NCCC2c1ccncc1. The van der Waals surface area contributed by atoms with E-state index in [0.29, 0.717) is 17.9 Å². The predicted octanol–water partition coefficient (Wildman–Crippen LogP) is 2.17. The van der Waals surface area contributed by atoms with Gasteiger partial charge >= 0.3 is 5.97 Å². The summed E-state index contributed by atoms with van der Waals surface area (Å²) in [5, 5.41) is 7.82. The minimum atomic E-state index is -0.320. The van der Waals surface area contributed by atoms with Gasteiger partial charge in [-0.3, -0.25) is 4.98 Å². The number of anilines is 1. The van der Waals surface area contributed by atoms with E-state index in [1.54, 1.807) is 19.3 Å². The Morgan fingerprint density at radius 2 is 2.24 bits per heavy atom. The molecule has 1 atom stereocenters. The Morgan fingerprint density at radius 3 is 2.95 bits per heavy atom. The lowest BCUT2D eigenvalue weighted by atomic mass is 10.0. The van der Waals surface area contributed by atoms with Crippen LogP contribution in [-0.2, 0) is 4.74 Å². The number of nitrogens with one attached hydrogen (secondary N) is 1. The summed E-state index contributed by atoms with van der Waals surface area (Å²) < 4.78 is 7.02. The van der Waals surface area contributed by atoms with E-state index in [1.165, 1.54) is 0 Å². The highest BCUT2D eigenvalue weighted by atomic mass is 16.5. The van der Waals surface area contributed by atoms with E-state index in [4.69, 9.17) is 4.74 Å². The van der Waals surface area contributed by atoms with Gasteiger partial charge in [0.2, 0.25) is 0 Å². The molecule has 0 saturated heterocycles. The molecule has 2 aromatic rings. The number of carbonyl (C=O) groups excluding carboxylic acids is 1. The number of fused-ring (bicyclic) bond motifs is 1. The number of rotatable bonds is 3. The number of aryl methyl sites for hydroxylation is 1. The number of aromatic nitrogens is 3. The fourth-order valence-electron chi connectivity index (χ4n) is 2.73. The lowest BCUT2D eigenvalue weighted by Crippen LogP contribution is -2.25. The molecule has 0 aromatic carbocycles. The molecule has 110 valence electrons. The Labute approximate surface area is 123 Å². The summed E-state index contributed by atoms with van der Waals surface area (Å²) >= 11 is 0. The van der Waals surface area contributed by atoms with Crippen molar-refractivity contribution in [3.8, 4) is 0 Å². The predicted molar refractivity (Wildman–Crippen MR) is 78.4 cm³/mol. The quantitative estimate of drug-likeness (QED) is 0.876. The molecule has 21 heavy (non-hydrogen) atoms. The summed E-state index contributed by atoms with van der Waals surface area (Å²) in [5.74, 6) is 0.429. The zero-order valence-electron chi connectivity index (χ0n) is 12.2. The largest absolute Gasteiger partial charge is 0.462 e. The van der Waals surface area contributed by atoms with E-state index in [0.717, 1.165) is 24.3 Å². The van der Waals surface area contributed by atoms with Crippen LogP contribution < -0.4 is 5.32 Å². The lowest BCUT2D eigenvalue weighted by molar-refractivity contribution is 0.0526. The van der Waals surface area contributed by atoms with E-state index in [2.05, 4.69) is 15.4 Å². The first-order chi connectivity index (χ1) is 10.2. The minimum absolute atomic E-state index is 0.117. The molecule has 0 fully saturated rings. The van der Waals surface area contributed by atoms with Gasteiger partial charge in [-0.2, -0.15) is 5.10 Å². The zero-order chi connectivity index (χ0) is 14.8. The van der Waals surface area contributed by atoms with Crippen LogP contribution in [0.4, 0.5) is 5.82 Å². The fourth-order valence-corrected chi connectivity index (χ4v) is 2.73. The topological polar surface area (TPSA) is 69.0 Å². The van der Waals surface area contributed by atoms with Crippen LogP contribution in [0.25, 0.3) is 0 Å².